The molecule has 0 aliphatic heterocycles. The maximum Gasteiger partial charge on any atom is 0.229 e. The highest BCUT2D eigenvalue weighted by atomic mass is 16.3. The van der Waals surface area contributed by atoms with Gasteiger partial charge in [-0.2, -0.15) is 0 Å². The molecule has 0 atom stereocenters. The Kier molecular flexibility index (Phi) is 2.53. The molecule has 22 heavy (non-hydrogen) atoms. The Bertz CT molecular complexity index is 920. The monoisotopic (exact) mass is 290 g/mol. The molecule has 1 aliphatic carbocycles. The van der Waals surface area contributed by atoms with E-state index in [1.165, 1.54) is 18.2 Å². The van der Waals surface area contributed by atoms with Crippen LogP contribution in [0.1, 0.15) is 32.0 Å². The Labute approximate surface area is 125 Å². The van der Waals surface area contributed by atoms with Gasteiger partial charge >= 0.3 is 0 Å². The smallest absolute Gasteiger partial charge is 0.229 e. The third-order valence-corrected chi connectivity index (χ3v) is 3.76. The summed E-state index contributed by atoms with van der Waals surface area (Å²) >= 11 is 0. The van der Waals surface area contributed by atoms with Crippen LogP contribution < -0.4 is 0 Å². The van der Waals surface area contributed by atoms with Crippen molar-refractivity contribution in [2.24, 2.45) is 0 Å². The van der Waals surface area contributed by atoms with Crippen molar-refractivity contribution in [2.45, 2.75) is 0 Å². The molecule has 106 valence electrons. The Morgan fingerprint density at radius 3 is 2.36 bits per heavy atom. The lowest BCUT2D eigenvalue weighted by atomic mass is 9.88. The molecule has 0 unspecified atom stereocenters. The second-order valence-electron chi connectivity index (χ2n) is 5.08. The second kappa shape index (κ2) is 4.43. The average Bonchev–Trinajstić information content (AvgIpc) is 2.99. The summed E-state index contributed by atoms with van der Waals surface area (Å²) in [6.45, 7) is 0. The van der Waals surface area contributed by atoms with Crippen molar-refractivity contribution in [3.8, 4) is 17.1 Å². The molecule has 1 aliphatic rings. The van der Waals surface area contributed by atoms with Crippen LogP contribution in [0.2, 0.25) is 0 Å². The minimum Gasteiger partial charge on any atom is -0.507 e. The first-order chi connectivity index (χ1) is 10.7. The van der Waals surface area contributed by atoms with Crippen LogP contribution in [0.25, 0.3) is 11.3 Å². The SMILES string of the molecule is O=C1c2cccc(O)c2C(=O)c2cc(-c3ccccc3)oc21. The van der Waals surface area contributed by atoms with Gasteiger partial charge in [0.05, 0.1) is 11.1 Å². The van der Waals surface area contributed by atoms with E-state index in [1.807, 2.05) is 30.3 Å². The number of benzene rings is 2. The molecule has 1 N–H and O–H groups in total. The number of carbonyl (C=O) groups excluding carboxylic acids is 2. The molecule has 0 fully saturated rings. The molecule has 0 saturated carbocycles. The first-order valence-corrected chi connectivity index (χ1v) is 6.77. The molecule has 1 aromatic heterocycles. The molecule has 1 heterocycles. The quantitative estimate of drug-likeness (QED) is 0.583. The molecule has 4 heteroatoms. The molecule has 0 saturated heterocycles. The van der Waals surface area contributed by atoms with Gasteiger partial charge in [-0.25, -0.2) is 0 Å². The van der Waals surface area contributed by atoms with Gasteiger partial charge in [0.15, 0.2) is 5.76 Å². The predicted molar refractivity (Wildman–Crippen MR) is 79.1 cm³/mol. The molecule has 0 amide bonds. The molecule has 0 radical (unpaired) electrons. The fourth-order valence-electron chi connectivity index (χ4n) is 2.70. The standard InChI is InChI=1S/C18H10O4/c19-13-8-4-7-11-15(13)16(20)12-9-14(22-18(12)17(11)21)10-5-2-1-3-6-10/h1-9,19H. The summed E-state index contributed by atoms with van der Waals surface area (Å²) in [7, 11) is 0. The van der Waals surface area contributed by atoms with E-state index in [9.17, 15) is 14.7 Å². The topological polar surface area (TPSA) is 67.5 Å². The van der Waals surface area contributed by atoms with Gasteiger partial charge in [0.1, 0.15) is 11.5 Å². The van der Waals surface area contributed by atoms with Crippen LogP contribution in [0.5, 0.6) is 5.75 Å². The number of aromatic hydroxyl groups is 1. The van der Waals surface area contributed by atoms with Gasteiger partial charge < -0.3 is 9.52 Å². The van der Waals surface area contributed by atoms with Crippen molar-refractivity contribution in [1.82, 2.24) is 0 Å². The number of phenols is 1. The molecular formula is C18H10O4. The Morgan fingerprint density at radius 2 is 1.59 bits per heavy atom. The summed E-state index contributed by atoms with van der Waals surface area (Å²) in [4.78, 5) is 25.0. The Morgan fingerprint density at radius 1 is 0.818 bits per heavy atom. The zero-order chi connectivity index (χ0) is 15.3. The summed E-state index contributed by atoms with van der Waals surface area (Å²) in [6.07, 6.45) is 0. The van der Waals surface area contributed by atoms with E-state index in [1.54, 1.807) is 6.07 Å². The van der Waals surface area contributed by atoms with Crippen LogP contribution in [0, 0.1) is 0 Å². The van der Waals surface area contributed by atoms with E-state index in [2.05, 4.69) is 0 Å². The number of ketones is 2. The third kappa shape index (κ3) is 1.64. The molecule has 3 aromatic rings. The number of phenolic OH excluding ortho intramolecular Hbond substituents is 1. The maximum atomic E-state index is 12.5. The van der Waals surface area contributed by atoms with E-state index in [0.29, 0.717) is 5.76 Å². The normalized spacial score (nSPS) is 12.9. The van der Waals surface area contributed by atoms with Crippen molar-refractivity contribution >= 4 is 11.6 Å². The lowest BCUT2D eigenvalue weighted by Crippen LogP contribution is -2.19. The van der Waals surface area contributed by atoms with Crippen LogP contribution in [0.15, 0.2) is 59.0 Å². The maximum absolute atomic E-state index is 12.5. The highest BCUT2D eigenvalue weighted by Crippen LogP contribution is 2.36. The number of rotatable bonds is 1. The van der Waals surface area contributed by atoms with Crippen molar-refractivity contribution in [3.05, 3.63) is 77.0 Å². The zero-order valence-corrected chi connectivity index (χ0v) is 11.4. The van der Waals surface area contributed by atoms with E-state index >= 15 is 0 Å². The van der Waals surface area contributed by atoms with Crippen molar-refractivity contribution in [1.29, 1.82) is 0 Å². The predicted octanol–water partition coefficient (Wildman–Crippen LogP) is 3.43. The van der Waals surface area contributed by atoms with Gasteiger partial charge in [0.25, 0.3) is 0 Å². The van der Waals surface area contributed by atoms with Gasteiger partial charge in [-0.3, -0.25) is 9.59 Å². The van der Waals surface area contributed by atoms with Crippen molar-refractivity contribution < 1.29 is 19.1 Å². The Balaban J connectivity index is 1.93. The summed E-state index contributed by atoms with van der Waals surface area (Å²) in [5.41, 5.74) is 1.19. The Hall–Kier alpha value is -3.14. The molecule has 4 rings (SSSR count). The molecular weight excluding hydrogens is 280 g/mol. The summed E-state index contributed by atoms with van der Waals surface area (Å²) in [5.74, 6) is -0.484. The number of fused-ring (bicyclic) bond motifs is 2. The first-order valence-electron chi connectivity index (χ1n) is 6.77. The lowest BCUT2D eigenvalue weighted by molar-refractivity contribution is 0.0958. The van der Waals surface area contributed by atoms with Crippen LogP contribution in [0.3, 0.4) is 0 Å². The van der Waals surface area contributed by atoms with Crippen LogP contribution in [0.4, 0.5) is 0 Å². The van der Waals surface area contributed by atoms with E-state index in [4.69, 9.17) is 4.42 Å². The highest BCUT2D eigenvalue weighted by molar-refractivity contribution is 6.28. The molecule has 2 aromatic carbocycles. The van der Waals surface area contributed by atoms with Gasteiger partial charge in [-0.05, 0) is 18.2 Å². The molecule has 0 bridgehead atoms. The third-order valence-electron chi connectivity index (χ3n) is 3.76. The van der Waals surface area contributed by atoms with E-state index in [0.717, 1.165) is 5.56 Å². The van der Waals surface area contributed by atoms with Crippen molar-refractivity contribution in [3.63, 3.8) is 0 Å². The second-order valence-corrected chi connectivity index (χ2v) is 5.08. The minimum atomic E-state index is -0.395. The van der Waals surface area contributed by atoms with Gasteiger partial charge in [0.2, 0.25) is 11.6 Å². The highest BCUT2D eigenvalue weighted by Gasteiger charge is 2.35. The van der Waals surface area contributed by atoms with Crippen LogP contribution in [-0.4, -0.2) is 16.7 Å². The summed E-state index contributed by atoms with van der Waals surface area (Å²) < 4.78 is 5.62. The number of carbonyl (C=O) groups is 2. The van der Waals surface area contributed by atoms with Gasteiger partial charge in [0, 0.05) is 11.1 Å². The van der Waals surface area contributed by atoms with Gasteiger partial charge in [-0.1, -0.05) is 36.4 Å². The first kappa shape index (κ1) is 12.6. The molecule has 0 spiro atoms. The lowest BCUT2D eigenvalue weighted by Gasteiger charge is -2.13. The largest absolute Gasteiger partial charge is 0.507 e. The van der Waals surface area contributed by atoms with E-state index < -0.39 is 5.78 Å². The van der Waals surface area contributed by atoms with Crippen LogP contribution >= 0.6 is 0 Å². The summed E-state index contributed by atoms with van der Waals surface area (Å²) in [5, 5.41) is 9.89. The fraction of sp³-hybridized carbons (Fsp3) is 0. The number of hydrogen-bond acceptors (Lipinski definition) is 4. The van der Waals surface area contributed by atoms with Crippen LogP contribution in [-0.2, 0) is 0 Å². The van der Waals surface area contributed by atoms with Crippen molar-refractivity contribution in [2.75, 3.05) is 0 Å². The number of hydrogen-bond donors (Lipinski definition) is 1. The fourth-order valence-corrected chi connectivity index (χ4v) is 2.70. The number of furan rings is 1. The minimum absolute atomic E-state index is 0.0296. The molecule has 4 nitrogen and oxygen atoms in total. The van der Waals surface area contributed by atoms with E-state index in [-0.39, 0.29) is 34.0 Å². The zero-order valence-electron chi connectivity index (χ0n) is 11.4. The average molecular weight is 290 g/mol. The summed E-state index contributed by atoms with van der Waals surface area (Å²) in [6, 6.07) is 15.2. The van der Waals surface area contributed by atoms with Gasteiger partial charge in [-0.15, -0.1) is 0 Å².